The summed E-state index contributed by atoms with van der Waals surface area (Å²) >= 11 is 10.9. The van der Waals surface area contributed by atoms with Crippen molar-refractivity contribution in [1.29, 1.82) is 0 Å². The molecule has 164 valence electrons. The lowest BCUT2D eigenvalue weighted by molar-refractivity contribution is -0.121. The molecule has 0 unspecified atom stereocenters. The third kappa shape index (κ3) is 6.94. The van der Waals surface area contributed by atoms with Crippen LogP contribution in [0, 0.1) is 0 Å². The quantitative estimate of drug-likeness (QED) is 0.540. The van der Waals surface area contributed by atoms with Crippen LogP contribution < -0.4 is 5.32 Å². The van der Waals surface area contributed by atoms with Gasteiger partial charge in [-0.25, -0.2) is 12.8 Å². The molecule has 30 heavy (non-hydrogen) atoms. The van der Waals surface area contributed by atoms with Gasteiger partial charge in [-0.1, -0.05) is 78.7 Å². The van der Waals surface area contributed by atoms with E-state index >= 15 is 0 Å². The maximum Gasteiger partial charge on any atom is 0.253 e. The fourth-order valence-electron chi connectivity index (χ4n) is 3.11. The van der Waals surface area contributed by atoms with Gasteiger partial charge in [0.2, 0.25) is 0 Å². The van der Waals surface area contributed by atoms with E-state index in [4.69, 9.17) is 23.2 Å². The summed E-state index contributed by atoms with van der Waals surface area (Å²) in [6, 6.07) is 13.2. The van der Waals surface area contributed by atoms with Crippen LogP contribution in [0.15, 0.2) is 48.5 Å². The van der Waals surface area contributed by atoms with E-state index in [9.17, 15) is 22.7 Å². The van der Waals surface area contributed by atoms with Crippen molar-refractivity contribution in [2.24, 2.45) is 0 Å². The van der Waals surface area contributed by atoms with Gasteiger partial charge in [0.05, 0.1) is 11.8 Å². The second-order valence-electron chi connectivity index (χ2n) is 7.25. The summed E-state index contributed by atoms with van der Waals surface area (Å²) < 4.78 is 36.2. The monoisotopic (exact) mass is 475 g/mol. The third-order valence-corrected chi connectivity index (χ3v) is 6.19. The predicted octanol–water partition coefficient (Wildman–Crippen LogP) is 3.79. The van der Waals surface area contributed by atoms with E-state index in [1.165, 1.54) is 6.26 Å². The van der Waals surface area contributed by atoms with Crippen molar-refractivity contribution < 1.29 is 22.7 Å². The number of aliphatic hydroxyl groups excluding tert-OH is 1. The highest BCUT2D eigenvalue weighted by Gasteiger charge is 2.25. The summed E-state index contributed by atoms with van der Waals surface area (Å²) in [5, 5.41) is 12.6. The molecule has 0 aliphatic heterocycles. The second kappa shape index (κ2) is 10.6. The van der Waals surface area contributed by atoms with Crippen molar-refractivity contribution in [3.63, 3.8) is 0 Å². The van der Waals surface area contributed by atoms with Crippen LogP contribution in [0.1, 0.15) is 30.1 Å². The summed E-state index contributed by atoms with van der Waals surface area (Å²) in [6.45, 7) is 0.880. The summed E-state index contributed by atoms with van der Waals surface area (Å²) in [5.74, 6) is -0.804. The Balaban J connectivity index is 2.12. The first-order valence-corrected chi connectivity index (χ1v) is 12.2. The van der Waals surface area contributed by atoms with E-state index in [0.29, 0.717) is 5.56 Å². The number of carbonyl (C=O) groups excluding carboxylic acids is 1. The summed E-state index contributed by atoms with van der Waals surface area (Å²) in [4.78, 5) is 10.2. The van der Waals surface area contributed by atoms with Crippen LogP contribution in [-0.4, -0.2) is 49.0 Å². The molecular formula is C21H24Cl2FNO4S. The number of hydrogen-bond donors (Lipinski definition) is 2. The standard InChI is InChI=1S/C21H24Cl2FNO4S/c1-13(12-30(2,28)29)14-3-5-15(6-4-14)16-7-9-17(10-8-16)19(26)18(11-24)25-21(27)20(22)23/h3-10,13,18-20,26H,11-12H2,1-2H3,(H,25,27)/t13-,18+,19+/m0/s1. The minimum absolute atomic E-state index is 0.0827. The number of carbonyl (C=O) groups is 1. The maximum absolute atomic E-state index is 13.3. The van der Waals surface area contributed by atoms with Crippen molar-refractivity contribution in [2.45, 2.75) is 29.8 Å². The van der Waals surface area contributed by atoms with Gasteiger partial charge in [-0.15, -0.1) is 0 Å². The number of aliphatic hydroxyl groups is 1. The number of alkyl halides is 3. The van der Waals surface area contributed by atoms with Gasteiger partial charge in [0.25, 0.3) is 5.91 Å². The zero-order valence-electron chi connectivity index (χ0n) is 16.6. The Kier molecular flexibility index (Phi) is 8.67. The van der Waals surface area contributed by atoms with Crippen LogP contribution in [0.3, 0.4) is 0 Å². The van der Waals surface area contributed by atoms with Gasteiger partial charge in [0.1, 0.15) is 22.6 Å². The molecule has 0 aliphatic rings. The summed E-state index contributed by atoms with van der Waals surface area (Å²) in [5.41, 5.74) is 3.14. The fraction of sp³-hybridized carbons (Fsp3) is 0.381. The van der Waals surface area contributed by atoms with Crippen LogP contribution >= 0.6 is 23.2 Å². The number of nitrogens with one attached hydrogen (secondary N) is 1. The zero-order valence-corrected chi connectivity index (χ0v) is 18.9. The first-order chi connectivity index (χ1) is 14.0. The molecule has 2 N–H and O–H groups in total. The van der Waals surface area contributed by atoms with Gasteiger partial charge in [0, 0.05) is 6.26 Å². The number of hydrogen-bond acceptors (Lipinski definition) is 4. The third-order valence-electron chi connectivity index (χ3n) is 4.69. The Bertz CT molecular complexity index is 950. The van der Waals surface area contributed by atoms with Gasteiger partial charge in [-0.2, -0.15) is 0 Å². The lowest BCUT2D eigenvalue weighted by Gasteiger charge is -2.22. The first kappa shape index (κ1) is 24.6. The van der Waals surface area contributed by atoms with Crippen molar-refractivity contribution >= 4 is 38.9 Å². The van der Waals surface area contributed by atoms with Crippen LogP contribution in [0.25, 0.3) is 11.1 Å². The molecule has 0 aliphatic carbocycles. The Labute approximate surface area is 186 Å². The van der Waals surface area contributed by atoms with E-state index in [0.717, 1.165) is 16.7 Å². The average Bonchev–Trinajstić information content (AvgIpc) is 2.70. The van der Waals surface area contributed by atoms with Crippen molar-refractivity contribution in [1.82, 2.24) is 5.32 Å². The minimum atomic E-state index is -3.06. The molecule has 0 spiro atoms. The molecule has 0 heterocycles. The molecule has 0 fully saturated rings. The highest BCUT2D eigenvalue weighted by Crippen LogP contribution is 2.26. The van der Waals surface area contributed by atoms with Gasteiger partial charge in [-0.05, 0) is 28.2 Å². The molecule has 0 aromatic heterocycles. The Hall–Kier alpha value is -1.67. The zero-order chi connectivity index (χ0) is 22.5. The molecule has 0 saturated heterocycles. The molecule has 1 amide bonds. The minimum Gasteiger partial charge on any atom is -0.386 e. The van der Waals surface area contributed by atoms with Gasteiger partial charge in [-0.3, -0.25) is 4.79 Å². The van der Waals surface area contributed by atoms with E-state index in [2.05, 4.69) is 5.32 Å². The second-order valence-corrected chi connectivity index (χ2v) is 10.5. The van der Waals surface area contributed by atoms with E-state index in [-0.39, 0.29) is 11.7 Å². The van der Waals surface area contributed by atoms with Crippen LogP contribution in [0.4, 0.5) is 4.39 Å². The number of benzene rings is 2. The van der Waals surface area contributed by atoms with Crippen molar-refractivity contribution in [3.8, 4) is 11.1 Å². The van der Waals surface area contributed by atoms with Crippen LogP contribution in [-0.2, 0) is 14.6 Å². The lowest BCUT2D eigenvalue weighted by Crippen LogP contribution is -2.43. The average molecular weight is 476 g/mol. The number of sulfone groups is 1. The summed E-state index contributed by atoms with van der Waals surface area (Å²) in [7, 11) is -3.06. The van der Waals surface area contributed by atoms with Crippen molar-refractivity contribution in [2.75, 3.05) is 18.7 Å². The van der Waals surface area contributed by atoms with Gasteiger partial charge < -0.3 is 10.4 Å². The molecule has 0 saturated carbocycles. The van der Waals surface area contributed by atoms with E-state index < -0.39 is 39.4 Å². The first-order valence-electron chi connectivity index (χ1n) is 9.22. The molecule has 3 atom stereocenters. The van der Waals surface area contributed by atoms with E-state index in [1.54, 1.807) is 24.3 Å². The van der Waals surface area contributed by atoms with E-state index in [1.807, 2.05) is 31.2 Å². The molecule has 2 aromatic carbocycles. The molecule has 9 heteroatoms. The van der Waals surface area contributed by atoms with Crippen LogP contribution in [0.5, 0.6) is 0 Å². The molecule has 2 rings (SSSR count). The number of amides is 1. The highest BCUT2D eigenvalue weighted by atomic mass is 35.5. The summed E-state index contributed by atoms with van der Waals surface area (Å²) in [6.07, 6.45) is -0.0458. The number of halogens is 3. The van der Waals surface area contributed by atoms with Crippen molar-refractivity contribution in [3.05, 3.63) is 59.7 Å². The fourth-order valence-corrected chi connectivity index (χ4v) is 4.33. The maximum atomic E-state index is 13.3. The SMILES string of the molecule is C[C@@H](CS(C)(=O)=O)c1ccc(-c2ccc([C@@H](O)[C@@H](CF)NC(=O)C(Cl)Cl)cc2)cc1. The Morgan fingerprint density at radius 3 is 1.90 bits per heavy atom. The number of rotatable bonds is 9. The largest absolute Gasteiger partial charge is 0.386 e. The van der Waals surface area contributed by atoms with Crippen LogP contribution in [0.2, 0.25) is 0 Å². The predicted molar refractivity (Wildman–Crippen MR) is 118 cm³/mol. The lowest BCUT2D eigenvalue weighted by atomic mass is 9.96. The molecular weight excluding hydrogens is 452 g/mol. The molecule has 5 nitrogen and oxygen atoms in total. The van der Waals surface area contributed by atoms with Gasteiger partial charge >= 0.3 is 0 Å². The normalized spacial score (nSPS) is 14.9. The Morgan fingerprint density at radius 2 is 1.50 bits per heavy atom. The Morgan fingerprint density at radius 1 is 1.03 bits per heavy atom. The molecule has 0 radical (unpaired) electrons. The molecule has 0 bridgehead atoms. The smallest absolute Gasteiger partial charge is 0.253 e. The highest BCUT2D eigenvalue weighted by molar-refractivity contribution is 7.90. The topological polar surface area (TPSA) is 83.5 Å². The van der Waals surface area contributed by atoms with Gasteiger partial charge in [0.15, 0.2) is 4.84 Å². The molecule has 2 aromatic rings.